The van der Waals surface area contributed by atoms with Gasteiger partial charge in [-0.1, -0.05) is 33.8 Å². The molecule has 2 aromatic rings. The number of benzene rings is 1. The van der Waals surface area contributed by atoms with Crippen LogP contribution < -0.4 is 11.2 Å². The van der Waals surface area contributed by atoms with Crippen molar-refractivity contribution in [3.63, 3.8) is 0 Å². The number of anilines is 1. The molecule has 3 N–H and O–H groups in total. The number of thioether (sulfide) groups is 1. The van der Waals surface area contributed by atoms with Crippen molar-refractivity contribution < 1.29 is 18.0 Å². The molecule has 0 bridgehead atoms. The van der Waals surface area contributed by atoms with Crippen LogP contribution in [0.1, 0.15) is 5.82 Å². The van der Waals surface area contributed by atoms with Gasteiger partial charge in [0.1, 0.15) is 0 Å². The quantitative estimate of drug-likeness (QED) is 0.613. The first-order valence-electron chi connectivity index (χ1n) is 5.73. The number of nitrogens with two attached hydrogens (primary N) is 1. The fraction of sp³-hybridized carbons (Fsp3) is 0.182. The Bertz CT molecular complexity index is 691. The zero-order valence-corrected chi connectivity index (χ0v) is 13.2. The van der Waals surface area contributed by atoms with Gasteiger partial charge in [-0.15, -0.1) is 10.2 Å². The molecule has 2 rings (SSSR count). The molecule has 0 aliphatic rings. The lowest BCUT2D eigenvalue weighted by atomic mass is 10.3. The summed E-state index contributed by atoms with van der Waals surface area (Å²) in [5.41, 5.74) is 0.560. The van der Waals surface area contributed by atoms with Gasteiger partial charge in [0.05, 0.1) is 5.75 Å². The molecule has 0 aliphatic carbocycles. The molecule has 0 aliphatic heterocycles. The molecule has 0 radical (unpaired) electrons. The standard InChI is InChI=1S/C11H9BrF3N5OS/c12-6-2-1-3-7(4-6)17-8(21)5-22-10-19-18-9(20(10)16)11(13,14)15/h1-4H,5,16H2,(H,17,21). The SMILES string of the molecule is Nn1c(SCC(=O)Nc2cccc(Br)c2)nnc1C(F)(F)F. The predicted molar refractivity (Wildman–Crippen MR) is 78.7 cm³/mol. The smallest absolute Gasteiger partial charge is 0.335 e. The number of nitrogen functional groups attached to an aromatic ring is 1. The lowest BCUT2D eigenvalue weighted by molar-refractivity contribution is -0.146. The molecule has 0 atom stereocenters. The summed E-state index contributed by atoms with van der Waals surface area (Å²) < 4.78 is 38.6. The number of nitrogens with zero attached hydrogens (tertiary/aromatic N) is 3. The van der Waals surface area contributed by atoms with E-state index in [1.165, 1.54) is 0 Å². The number of aromatic nitrogens is 3. The average molecular weight is 396 g/mol. The number of alkyl halides is 3. The van der Waals surface area contributed by atoms with E-state index >= 15 is 0 Å². The van der Waals surface area contributed by atoms with Crippen LogP contribution in [0.2, 0.25) is 0 Å². The first-order valence-corrected chi connectivity index (χ1v) is 7.51. The Hall–Kier alpha value is -1.75. The van der Waals surface area contributed by atoms with Crippen molar-refractivity contribution >= 4 is 39.3 Å². The molecule has 0 saturated heterocycles. The van der Waals surface area contributed by atoms with Crippen LogP contribution in [0.3, 0.4) is 0 Å². The number of hydrogen-bond acceptors (Lipinski definition) is 5. The highest BCUT2D eigenvalue weighted by atomic mass is 79.9. The van der Waals surface area contributed by atoms with E-state index in [1.807, 2.05) is 0 Å². The van der Waals surface area contributed by atoms with Crippen LogP contribution in [0.5, 0.6) is 0 Å². The van der Waals surface area contributed by atoms with E-state index in [0.717, 1.165) is 16.2 Å². The minimum atomic E-state index is -4.70. The summed E-state index contributed by atoms with van der Waals surface area (Å²) in [5, 5.41) is 8.69. The number of nitrogens with one attached hydrogen (secondary N) is 1. The van der Waals surface area contributed by atoms with Gasteiger partial charge >= 0.3 is 6.18 Å². The molecule has 0 spiro atoms. The maximum absolute atomic E-state index is 12.5. The zero-order valence-electron chi connectivity index (χ0n) is 10.8. The second kappa shape index (κ2) is 6.57. The third kappa shape index (κ3) is 4.13. The second-order valence-electron chi connectivity index (χ2n) is 4.02. The average Bonchev–Trinajstić information content (AvgIpc) is 2.77. The number of halogens is 4. The molecule has 118 valence electrons. The fourth-order valence-electron chi connectivity index (χ4n) is 1.46. The van der Waals surface area contributed by atoms with Crippen molar-refractivity contribution in [1.29, 1.82) is 0 Å². The Morgan fingerprint density at radius 2 is 2.14 bits per heavy atom. The molecule has 6 nitrogen and oxygen atoms in total. The molecule has 1 aromatic heterocycles. The normalized spacial score (nSPS) is 11.5. The topological polar surface area (TPSA) is 85.8 Å². The molecular formula is C11H9BrF3N5OS. The van der Waals surface area contributed by atoms with Crippen LogP contribution in [0.25, 0.3) is 0 Å². The molecule has 1 heterocycles. The van der Waals surface area contributed by atoms with Crippen LogP contribution in [0.15, 0.2) is 33.9 Å². The third-order valence-electron chi connectivity index (χ3n) is 2.36. The lowest BCUT2D eigenvalue weighted by Crippen LogP contribution is -2.22. The van der Waals surface area contributed by atoms with Crippen molar-refractivity contribution in [3.05, 3.63) is 34.6 Å². The van der Waals surface area contributed by atoms with Crippen LogP contribution in [-0.4, -0.2) is 26.5 Å². The molecule has 0 fully saturated rings. The van der Waals surface area contributed by atoms with E-state index < -0.39 is 17.9 Å². The number of amides is 1. The second-order valence-corrected chi connectivity index (χ2v) is 5.88. The summed E-state index contributed by atoms with van der Waals surface area (Å²) in [5.74, 6) is 3.39. The van der Waals surface area contributed by atoms with Gasteiger partial charge in [0.25, 0.3) is 5.82 Å². The van der Waals surface area contributed by atoms with Gasteiger partial charge in [-0.2, -0.15) is 13.2 Å². The summed E-state index contributed by atoms with van der Waals surface area (Å²) in [6, 6.07) is 6.90. The Morgan fingerprint density at radius 3 is 2.73 bits per heavy atom. The molecular weight excluding hydrogens is 387 g/mol. The van der Waals surface area contributed by atoms with Crippen molar-refractivity contribution in [3.8, 4) is 0 Å². The minimum absolute atomic E-state index is 0.153. The first-order chi connectivity index (χ1) is 10.3. The number of carbonyl (C=O) groups is 1. The lowest BCUT2D eigenvalue weighted by Gasteiger charge is -2.07. The molecule has 22 heavy (non-hydrogen) atoms. The predicted octanol–water partition coefficient (Wildman–Crippen LogP) is 2.50. The van der Waals surface area contributed by atoms with E-state index in [0.29, 0.717) is 10.4 Å². The van der Waals surface area contributed by atoms with Gasteiger partial charge in [0.2, 0.25) is 11.1 Å². The molecule has 0 saturated carbocycles. The summed E-state index contributed by atoms with van der Waals surface area (Å²) >= 11 is 4.01. The Kier molecular flexibility index (Phi) is 4.96. The van der Waals surface area contributed by atoms with Crippen LogP contribution >= 0.6 is 27.7 Å². The minimum Gasteiger partial charge on any atom is -0.335 e. The van der Waals surface area contributed by atoms with E-state index in [4.69, 9.17) is 5.84 Å². The van der Waals surface area contributed by atoms with Crippen molar-refractivity contribution in [2.24, 2.45) is 0 Å². The Labute approximate surface area is 135 Å². The van der Waals surface area contributed by atoms with Gasteiger partial charge in [0.15, 0.2) is 0 Å². The highest BCUT2D eigenvalue weighted by Gasteiger charge is 2.38. The number of carbonyl (C=O) groups excluding carboxylic acids is 1. The van der Waals surface area contributed by atoms with Gasteiger partial charge < -0.3 is 11.2 Å². The van der Waals surface area contributed by atoms with E-state index in [9.17, 15) is 18.0 Å². The van der Waals surface area contributed by atoms with E-state index in [-0.39, 0.29) is 10.9 Å². The van der Waals surface area contributed by atoms with Crippen LogP contribution in [0.4, 0.5) is 18.9 Å². The molecule has 1 aromatic carbocycles. The maximum atomic E-state index is 12.5. The Balaban J connectivity index is 1.96. The van der Waals surface area contributed by atoms with Gasteiger partial charge in [-0.05, 0) is 18.2 Å². The number of rotatable bonds is 4. The highest BCUT2D eigenvalue weighted by Crippen LogP contribution is 2.28. The zero-order chi connectivity index (χ0) is 16.3. The molecule has 0 unspecified atom stereocenters. The summed E-state index contributed by atoms with van der Waals surface area (Å²) in [6.07, 6.45) is -4.70. The van der Waals surface area contributed by atoms with Crippen molar-refractivity contribution in [2.75, 3.05) is 16.9 Å². The van der Waals surface area contributed by atoms with Crippen LogP contribution in [0, 0.1) is 0 Å². The van der Waals surface area contributed by atoms with Gasteiger partial charge in [0, 0.05) is 10.2 Å². The van der Waals surface area contributed by atoms with E-state index in [2.05, 4.69) is 31.4 Å². The first kappa shape index (κ1) is 16.6. The van der Waals surface area contributed by atoms with Gasteiger partial charge in [-0.25, -0.2) is 4.68 Å². The third-order valence-corrected chi connectivity index (χ3v) is 3.80. The fourth-order valence-corrected chi connectivity index (χ4v) is 2.52. The largest absolute Gasteiger partial charge is 0.453 e. The Morgan fingerprint density at radius 1 is 1.41 bits per heavy atom. The van der Waals surface area contributed by atoms with Crippen LogP contribution in [-0.2, 0) is 11.0 Å². The van der Waals surface area contributed by atoms with E-state index in [1.54, 1.807) is 24.3 Å². The summed E-state index contributed by atoms with van der Waals surface area (Å²) in [4.78, 5) is 11.7. The molecule has 11 heteroatoms. The maximum Gasteiger partial charge on any atom is 0.453 e. The molecule has 1 amide bonds. The van der Waals surface area contributed by atoms with Crippen molar-refractivity contribution in [2.45, 2.75) is 11.3 Å². The summed E-state index contributed by atoms with van der Waals surface area (Å²) in [6.45, 7) is 0. The highest BCUT2D eigenvalue weighted by molar-refractivity contribution is 9.10. The monoisotopic (exact) mass is 395 g/mol. The number of hydrogen-bond donors (Lipinski definition) is 2. The van der Waals surface area contributed by atoms with Gasteiger partial charge in [-0.3, -0.25) is 4.79 Å². The summed E-state index contributed by atoms with van der Waals surface area (Å²) in [7, 11) is 0. The van der Waals surface area contributed by atoms with Crippen molar-refractivity contribution in [1.82, 2.24) is 14.9 Å².